The van der Waals surface area contributed by atoms with E-state index in [2.05, 4.69) is 35.2 Å². The SMILES string of the molecule is OCc1cc2c(S)ccc(I)c2s1. The first-order chi connectivity index (χ1) is 6.22. The maximum Gasteiger partial charge on any atom is 0.0774 e. The Hall–Kier alpha value is 0.220. The molecule has 1 heterocycles. The lowest BCUT2D eigenvalue weighted by molar-refractivity contribution is 0.285. The molecule has 1 aromatic heterocycles. The van der Waals surface area contributed by atoms with Crippen molar-refractivity contribution in [3.63, 3.8) is 0 Å². The number of thiophene rings is 1. The predicted octanol–water partition coefficient (Wildman–Crippen LogP) is 3.29. The van der Waals surface area contributed by atoms with E-state index < -0.39 is 0 Å². The molecule has 0 unspecified atom stereocenters. The van der Waals surface area contributed by atoms with Crippen molar-refractivity contribution < 1.29 is 5.11 Å². The van der Waals surface area contributed by atoms with Gasteiger partial charge in [-0.05, 0) is 40.8 Å². The molecule has 0 aliphatic carbocycles. The minimum absolute atomic E-state index is 0.114. The van der Waals surface area contributed by atoms with Gasteiger partial charge in [0.05, 0.1) is 6.61 Å². The number of aliphatic hydroxyl groups is 1. The van der Waals surface area contributed by atoms with Crippen LogP contribution in [-0.2, 0) is 6.61 Å². The molecule has 13 heavy (non-hydrogen) atoms. The Morgan fingerprint density at radius 3 is 2.85 bits per heavy atom. The monoisotopic (exact) mass is 322 g/mol. The summed E-state index contributed by atoms with van der Waals surface area (Å²) in [6.07, 6.45) is 0. The third-order valence-electron chi connectivity index (χ3n) is 1.82. The number of fused-ring (bicyclic) bond motifs is 1. The molecule has 1 aromatic carbocycles. The second kappa shape index (κ2) is 3.76. The number of halogens is 1. The van der Waals surface area contributed by atoms with Crippen molar-refractivity contribution in [2.75, 3.05) is 0 Å². The van der Waals surface area contributed by atoms with Gasteiger partial charge in [-0.1, -0.05) is 0 Å². The van der Waals surface area contributed by atoms with Crippen molar-refractivity contribution in [1.82, 2.24) is 0 Å². The van der Waals surface area contributed by atoms with Gasteiger partial charge in [-0.25, -0.2) is 0 Å². The van der Waals surface area contributed by atoms with Gasteiger partial charge in [0.25, 0.3) is 0 Å². The zero-order chi connectivity index (χ0) is 9.42. The van der Waals surface area contributed by atoms with Gasteiger partial charge in [0.1, 0.15) is 0 Å². The average Bonchev–Trinajstić information content (AvgIpc) is 2.56. The van der Waals surface area contributed by atoms with Crippen molar-refractivity contribution in [1.29, 1.82) is 0 Å². The number of aliphatic hydroxyl groups excluding tert-OH is 1. The molecule has 0 spiro atoms. The molecule has 0 aliphatic heterocycles. The Balaban J connectivity index is 2.80. The number of thiol groups is 1. The molecular weight excluding hydrogens is 315 g/mol. The Labute approximate surface area is 99.3 Å². The minimum Gasteiger partial charge on any atom is -0.391 e. The van der Waals surface area contributed by atoms with Gasteiger partial charge in [-0.2, -0.15) is 0 Å². The fourth-order valence-corrected chi connectivity index (χ4v) is 3.28. The van der Waals surface area contributed by atoms with E-state index in [9.17, 15) is 0 Å². The van der Waals surface area contributed by atoms with E-state index in [1.807, 2.05) is 18.2 Å². The van der Waals surface area contributed by atoms with Crippen LogP contribution in [0.15, 0.2) is 23.1 Å². The Morgan fingerprint density at radius 2 is 2.23 bits per heavy atom. The van der Waals surface area contributed by atoms with Crippen LogP contribution in [0.3, 0.4) is 0 Å². The smallest absolute Gasteiger partial charge is 0.0774 e. The molecule has 2 rings (SSSR count). The summed E-state index contributed by atoms with van der Waals surface area (Å²) in [5, 5.41) is 10.1. The first-order valence-corrected chi connectivity index (χ1v) is 6.07. The quantitative estimate of drug-likeness (QED) is 0.610. The first kappa shape index (κ1) is 9.76. The lowest BCUT2D eigenvalue weighted by atomic mass is 10.2. The third-order valence-corrected chi connectivity index (χ3v) is 4.63. The summed E-state index contributed by atoms with van der Waals surface area (Å²) < 4.78 is 2.44. The van der Waals surface area contributed by atoms with E-state index >= 15 is 0 Å². The van der Waals surface area contributed by atoms with Crippen LogP contribution in [-0.4, -0.2) is 5.11 Å². The van der Waals surface area contributed by atoms with Gasteiger partial charge in [-0.3, -0.25) is 0 Å². The van der Waals surface area contributed by atoms with Crippen molar-refractivity contribution in [2.45, 2.75) is 11.5 Å². The summed E-state index contributed by atoms with van der Waals surface area (Å²) in [7, 11) is 0. The first-order valence-electron chi connectivity index (χ1n) is 3.73. The van der Waals surface area contributed by atoms with Crippen LogP contribution in [0.2, 0.25) is 0 Å². The molecule has 0 fully saturated rings. The van der Waals surface area contributed by atoms with Gasteiger partial charge in [-0.15, -0.1) is 24.0 Å². The summed E-state index contributed by atoms with van der Waals surface area (Å²) in [5.74, 6) is 0. The molecule has 0 amide bonds. The Kier molecular flexibility index (Phi) is 2.83. The van der Waals surface area contributed by atoms with E-state index in [1.165, 1.54) is 8.27 Å². The highest BCUT2D eigenvalue weighted by Crippen LogP contribution is 2.33. The van der Waals surface area contributed by atoms with E-state index in [-0.39, 0.29) is 6.61 Å². The zero-order valence-corrected chi connectivity index (χ0v) is 10.5. The molecule has 0 atom stereocenters. The maximum absolute atomic E-state index is 9.00. The second-order valence-electron chi connectivity index (χ2n) is 2.68. The van der Waals surface area contributed by atoms with Gasteiger partial charge < -0.3 is 5.11 Å². The third kappa shape index (κ3) is 1.72. The summed E-state index contributed by atoms with van der Waals surface area (Å²) in [6.45, 7) is 0.114. The van der Waals surface area contributed by atoms with Gasteiger partial charge in [0.2, 0.25) is 0 Å². The van der Waals surface area contributed by atoms with Crippen LogP contribution >= 0.6 is 46.6 Å². The molecule has 0 aliphatic rings. The fraction of sp³-hybridized carbons (Fsp3) is 0.111. The van der Waals surface area contributed by atoms with Crippen molar-refractivity contribution in [2.24, 2.45) is 0 Å². The van der Waals surface area contributed by atoms with Crippen LogP contribution in [0.4, 0.5) is 0 Å². The van der Waals surface area contributed by atoms with E-state index in [1.54, 1.807) is 11.3 Å². The highest BCUT2D eigenvalue weighted by molar-refractivity contribution is 14.1. The Bertz CT molecular complexity index is 411. The van der Waals surface area contributed by atoms with E-state index in [0.717, 1.165) is 15.2 Å². The largest absolute Gasteiger partial charge is 0.391 e. The van der Waals surface area contributed by atoms with Crippen molar-refractivity contribution in [3.05, 3.63) is 26.6 Å². The molecule has 4 heteroatoms. The average molecular weight is 322 g/mol. The fourth-order valence-electron chi connectivity index (χ4n) is 1.21. The number of hydrogen-bond donors (Lipinski definition) is 2. The lowest BCUT2D eigenvalue weighted by Gasteiger charge is -1.95. The van der Waals surface area contributed by atoms with Gasteiger partial charge in [0.15, 0.2) is 0 Å². The molecule has 0 bridgehead atoms. The molecule has 68 valence electrons. The molecule has 1 N–H and O–H groups in total. The molecule has 0 saturated carbocycles. The van der Waals surface area contributed by atoms with E-state index in [4.69, 9.17) is 5.11 Å². The minimum atomic E-state index is 0.114. The van der Waals surface area contributed by atoms with Crippen LogP contribution in [0.5, 0.6) is 0 Å². The van der Waals surface area contributed by atoms with Crippen LogP contribution in [0.1, 0.15) is 4.88 Å². The maximum atomic E-state index is 9.00. The van der Waals surface area contributed by atoms with Crippen molar-refractivity contribution in [3.8, 4) is 0 Å². The van der Waals surface area contributed by atoms with Crippen LogP contribution in [0.25, 0.3) is 10.1 Å². The number of rotatable bonds is 1. The van der Waals surface area contributed by atoms with Gasteiger partial charge >= 0.3 is 0 Å². The lowest BCUT2D eigenvalue weighted by Crippen LogP contribution is -1.72. The number of hydrogen-bond acceptors (Lipinski definition) is 3. The van der Waals surface area contributed by atoms with Crippen LogP contribution in [0, 0.1) is 3.57 Å². The topological polar surface area (TPSA) is 20.2 Å². The highest BCUT2D eigenvalue weighted by Gasteiger charge is 2.06. The highest BCUT2D eigenvalue weighted by atomic mass is 127. The number of benzene rings is 1. The van der Waals surface area contributed by atoms with Gasteiger partial charge in [0, 0.05) is 23.4 Å². The predicted molar refractivity (Wildman–Crippen MR) is 67.7 cm³/mol. The summed E-state index contributed by atoms with van der Waals surface area (Å²) in [4.78, 5) is 1.97. The second-order valence-corrected chi connectivity index (χ2v) is 5.46. The summed E-state index contributed by atoms with van der Waals surface area (Å²) in [5.41, 5.74) is 0. The molecule has 0 saturated heterocycles. The van der Waals surface area contributed by atoms with Crippen LogP contribution < -0.4 is 0 Å². The normalized spacial score (nSPS) is 11.0. The van der Waals surface area contributed by atoms with E-state index in [0.29, 0.717) is 0 Å². The molecule has 2 aromatic rings. The summed E-state index contributed by atoms with van der Waals surface area (Å²) in [6, 6.07) is 6.04. The zero-order valence-electron chi connectivity index (χ0n) is 6.62. The molecular formula is C9H7IOS2. The molecule has 1 nitrogen and oxygen atoms in total. The Morgan fingerprint density at radius 1 is 1.46 bits per heavy atom. The standard InChI is InChI=1S/C9H7IOS2/c10-7-1-2-8(12)6-3-5(4-11)13-9(6)7/h1-3,11-12H,4H2. The summed E-state index contributed by atoms with van der Waals surface area (Å²) >= 11 is 8.30. The van der Waals surface area contributed by atoms with Crippen molar-refractivity contribution >= 4 is 56.6 Å². The molecule has 0 radical (unpaired) electrons.